The molecule has 216 valence electrons. The number of rotatable bonds is 16. The summed E-state index contributed by atoms with van der Waals surface area (Å²) in [5.74, 6) is 12.0. The van der Waals surface area contributed by atoms with E-state index in [0.29, 0.717) is 11.1 Å². The SMILES string of the molecule is CCCCCCCCCCc1ccc(C#Cc2ccc(C#Cc3ccc(CCCCCCCC)cc3)cc2F)cc1. The van der Waals surface area contributed by atoms with Crippen LogP contribution in [0.2, 0.25) is 0 Å². The third-order valence-corrected chi connectivity index (χ3v) is 7.71. The molecule has 0 aliphatic heterocycles. The van der Waals surface area contributed by atoms with Crippen molar-refractivity contribution in [3.05, 3.63) is 106 Å². The van der Waals surface area contributed by atoms with Gasteiger partial charge in [-0.25, -0.2) is 4.39 Å². The fraction of sp³-hybridized carbons (Fsp3) is 0.450. The van der Waals surface area contributed by atoms with E-state index in [2.05, 4.69) is 73.9 Å². The van der Waals surface area contributed by atoms with Gasteiger partial charge in [0.2, 0.25) is 0 Å². The fourth-order valence-electron chi connectivity index (χ4n) is 5.06. The molecule has 0 bridgehead atoms. The maximum Gasteiger partial charge on any atom is 0.140 e. The monoisotopic (exact) mass is 548 g/mol. The Labute approximate surface area is 250 Å². The second kappa shape index (κ2) is 19.7. The van der Waals surface area contributed by atoms with Crippen LogP contribution < -0.4 is 0 Å². The Morgan fingerprint density at radius 1 is 0.439 bits per heavy atom. The Morgan fingerprint density at radius 3 is 1.29 bits per heavy atom. The third kappa shape index (κ3) is 13.3. The normalized spacial score (nSPS) is 10.5. The average molecular weight is 549 g/mol. The van der Waals surface area contributed by atoms with Crippen molar-refractivity contribution in [2.24, 2.45) is 0 Å². The molecule has 0 aliphatic carbocycles. The smallest absolute Gasteiger partial charge is 0.140 e. The second-order valence-electron chi connectivity index (χ2n) is 11.3. The second-order valence-corrected chi connectivity index (χ2v) is 11.3. The summed E-state index contributed by atoms with van der Waals surface area (Å²) in [5.41, 5.74) is 5.63. The quantitative estimate of drug-likeness (QED) is 0.123. The zero-order chi connectivity index (χ0) is 29.0. The molecule has 0 nitrogen and oxygen atoms in total. The molecule has 41 heavy (non-hydrogen) atoms. The number of unbranched alkanes of at least 4 members (excludes halogenated alkanes) is 12. The van der Waals surface area contributed by atoms with E-state index in [1.54, 1.807) is 6.07 Å². The van der Waals surface area contributed by atoms with E-state index < -0.39 is 0 Å². The molecule has 3 aromatic rings. The molecule has 0 fully saturated rings. The highest BCUT2D eigenvalue weighted by Crippen LogP contribution is 2.14. The lowest BCUT2D eigenvalue weighted by atomic mass is 10.0. The van der Waals surface area contributed by atoms with Crippen LogP contribution in [0.3, 0.4) is 0 Å². The van der Waals surface area contributed by atoms with Crippen LogP contribution in [0.4, 0.5) is 4.39 Å². The number of aryl methyl sites for hydroxylation is 2. The molecule has 0 saturated carbocycles. The van der Waals surface area contributed by atoms with Crippen LogP contribution in [-0.4, -0.2) is 0 Å². The third-order valence-electron chi connectivity index (χ3n) is 7.71. The van der Waals surface area contributed by atoms with E-state index in [4.69, 9.17) is 0 Å². The van der Waals surface area contributed by atoms with Crippen molar-refractivity contribution in [1.29, 1.82) is 0 Å². The van der Waals surface area contributed by atoms with Gasteiger partial charge in [0.15, 0.2) is 0 Å². The summed E-state index contributed by atoms with van der Waals surface area (Å²) in [6.45, 7) is 4.52. The lowest BCUT2D eigenvalue weighted by Gasteiger charge is -2.03. The highest BCUT2D eigenvalue weighted by molar-refractivity contribution is 5.49. The first-order valence-electron chi connectivity index (χ1n) is 16.2. The van der Waals surface area contributed by atoms with E-state index in [-0.39, 0.29) is 5.82 Å². The molecular weight excluding hydrogens is 499 g/mol. The van der Waals surface area contributed by atoms with E-state index in [1.165, 1.54) is 107 Å². The van der Waals surface area contributed by atoms with E-state index in [1.807, 2.05) is 18.2 Å². The minimum Gasteiger partial charge on any atom is -0.206 e. The van der Waals surface area contributed by atoms with Crippen molar-refractivity contribution in [3.8, 4) is 23.7 Å². The predicted molar refractivity (Wildman–Crippen MR) is 175 cm³/mol. The zero-order valence-electron chi connectivity index (χ0n) is 25.5. The molecule has 0 heterocycles. The number of benzene rings is 3. The molecule has 0 unspecified atom stereocenters. The van der Waals surface area contributed by atoms with Gasteiger partial charge in [-0.05, 0) is 79.3 Å². The van der Waals surface area contributed by atoms with E-state index in [0.717, 1.165) is 24.0 Å². The van der Waals surface area contributed by atoms with Crippen LogP contribution in [0.25, 0.3) is 0 Å². The summed E-state index contributed by atoms with van der Waals surface area (Å²) < 4.78 is 14.7. The summed E-state index contributed by atoms with van der Waals surface area (Å²) >= 11 is 0. The largest absolute Gasteiger partial charge is 0.206 e. The van der Waals surface area contributed by atoms with E-state index >= 15 is 0 Å². The molecule has 0 N–H and O–H groups in total. The maximum atomic E-state index is 14.7. The Morgan fingerprint density at radius 2 is 0.829 bits per heavy atom. The molecule has 0 spiro atoms. The Bertz CT molecular complexity index is 1260. The highest BCUT2D eigenvalue weighted by atomic mass is 19.1. The first-order valence-corrected chi connectivity index (χ1v) is 16.2. The molecule has 0 amide bonds. The van der Waals surface area contributed by atoms with Crippen LogP contribution >= 0.6 is 0 Å². The first kappa shape index (κ1) is 32.2. The molecule has 3 rings (SSSR count). The van der Waals surface area contributed by atoms with E-state index in [9.17, 15) is 4.39 Å². The lowest BCUT2D eigenvalue weighted by molar-refractivity contribution is 0.575. The Kier molecular flexibility index (Phi) is 15.5. The molecule has 3 aromatic carbocycles. The van der Waals surface area contributed by atoms with Crippen LogP contribution in [0.1, 0.15) is 137 Å². The molecule has 1 heteroatoms. The lowest BCUT2D eigenvalue weighted by Crippen LogP contribution is -1.88. The molecule has 0 radical (unpaired) electrons. The van der Waals surface area contributed by atoms with Gasteiger partial charge in [0.25, 0.3) is 0 Å². The van der Waals surface area contributed by atoms with Crippen molar-refractivity contribution in [2.45, 2.75) is 117 Å². The number of hydrogen-bond donors (Lipinski definition) is 0. The number of hydrogen-bond acceptors (Lipinski definition) is 0. The van der Waals surface area contributed by atoms with Crippen molar-refractivity contribution in [3.63, 3.8) is 0 Å². The van der Waals surface area contributed by atoms with Crippen LogP contribution in [0.15, 0.2) is 66.7 Å². The minimum atomic E-state index is -0.329. The summed E-state index contributed by atoms with van der Waals surface area (Å²) in [5, 5.41) is 0. The first-order chi connectivity index (χ1) is 20.2. The van der Waals surface area contributed by atoms with Crippen LogP contribution in [0.5, 0.6) is 0 Å². The van der Waals surface area contributed by atoms with Gasteiger partial charge >= 0.3 is 0 Å². The topological polar surface area (TPSA) is 0 Å². The standard InChI is InChI=1S/C40H49F/c1-3-5-7-9-11-12-14-16-18-35-21-25-37(26-22-35)29-31-39-32-30-38(33-40(39)41)28-27-36-23-19-34(20-24-36)17-15-13-10-8-6-4-2/h19-26,30,32-33H,3-18H2,1-2H3. The van der Waals surface area contributed by atoms with Gasteiger partial charge in [-0.2, -0.15) is 0 Å². The maximum absolute atomic E-state index is 14.7. The van der Waals surface area contributed by atoms with Gasteiger partial charge in [-0.15, -0.1) is 0 Å². The van der Waals surface area contributed by atoms with Crippen molar-refractivity contribution in [2.75, 3.05) is 0 Å². The predicted octanol–water partition coefficient (Wildman–Crippen LogP) is 11.2. The van der Waals surface area contributed by atoms with Gasteiger partial charge in [-0.3, -0.25) is 0 Å². The van der Waals surface area contributed by atoms with Gasteiger partial charge in [0.05, 0.1) is 5.56 Å². The summed E-state index contributed by atoms with van der Waals surface area (Å²) in [6.07, 6.45) is 20.8. The molecule has 0 saturated heterocycles. The summed E-state index contributed by atoms with van der Waals surface area (Å²) in [7, 11) is 0. The van der Waals surface area contributed by atoms with Gasteiger partial charge in [-0.1, -0.05) is 139 Å². The van der Waals surface area contributed by atoms with Crippen molar-refractivity contribution >= 4 is 0 Å². The van der Waals surface area contributed by atoms with Crippen LogP contribution in [0, 0.1) is 29.5 Å². The summed E-state index contributed by atoms with van der Waals surface area (Å²) in [6, 6.07) is 21.9. The van der Waals surface area contributed by atoms with Gasteiger partial charge in [0, 0.05) is 16.7 Å². The fourth-order valence-corrected chi connectivity index (χ4v) is 5.06. The van der Waals surface area contributed by atoms with Gasteiger partial charge in [0.1, 0.15) is 5.82 Å². The molecule has 0 aromatic heterocycles. The number of halogens is 1. The molecule has 0 aliphatic rings. The molecular formula is C40H49F. The van der Waals surface area contributed by atoms with Crippen molar-refractivity contribution < 1.29 is 4.39 Å². The highest BCUT2D eigenvalue weighted by Gasteiger charge is 2.01. The minimum absolute atomic E-state index is 0.329. The zero-order valence-corrected chi connectivity index (χ0v) is 25.5. The summed E-state index contributed by atoms with van der Waals surface area (Å²) in [4.78, 5) is 0. The Hall–Kier alpha value is -3.29. The average Bonchev–Trinajstić information content (AvgIpc) is 3.00. The van der Waals surface area contributed by atoms with Gasteiger partial charge < -0.3 is 0 Å². The Balaban J connectivity index is 1.44. The molecule has 0 atom stereocenters. The van der Waals surface area contributed by atoms with Crippen molar-refractivity contribution in [1.82, 2.24) is 0 Å². The van der Waals surface area contributed by atoms with Crippen LogP contribution in [-0.2, 0) is 12.8 Å².